The zero-order chi connectivity index (χ0) is 9.80. The van der Waals surface area contributed by atoms with Crippen molar-refractivity contribution in [2.24, 2.45) is 0 Å². The SMILES string of the molecule is O=CCCOc1ccc2c(c1)CCC2. The van der Waals surface area contributed by atoms with Crippen molar-refractivity contribution in [2.45, 2.75) is 25.7 Å². The molecule has 1 aliphatic carbocycles. The first-order valence-electron chi connectivity index (χ1n) is 5.08. The average Bonchev–Trinajstić information content (AvgIpc) is 2.65. The summed E-state index contributed by atoms with van der Waals surface area (Å²) in [7, 11) is 0. The van der Waals surface area contributed by atoms with E-state index in [0.29, 0.717) is 13.0 Å². The molecule has 0 N–H and O–H groups in total. The van der Waals surface area contributed by atoms with E-state index in [1.807, 2.05) is 6.07 Å². The van der Waals surface area contributed by atoms with Crippen LogP contribution in [0.25, 0.3) is 0 Å². The van der Waals surface area contributed by atoms with Crippen molar-refractivity contribution in [3.05, 3.63) is 29.3 Å². The van der Waals surface area contributed by atoms with E-state index in [9.17, 15) is 4.79 Å². The Bertz CT molecular complexity index is 331. The number of aldehydes is 1. The van der Waals surface area contributed by atoms with Gasteiger partial charge in [-0.05, 0) is 42.5 Å². The third-order valence-corrected chi connectivity index (χ3v) is 2.57. The number of benzene rings is 1. The molecule has 1 aromatic rings. The van der Waals surface area contributed by atoms with E-state index in [4.69, 9.17) is 4.74 Å². The van der Waals surface area contributed by atoms with Crippen LogP contribution in [0.1, 0.15) is 24.0 Å². The second kappa shape index (κ2) is 4.27. The Morgan fingerprint density at radius 1 is 1.29 bits per heavy atom. The number of aryl methyl sites for hydroxylation is 2. The third kappa shape index (κ3) is 1.95. The van der Waals surface area contributed by atoms with Gasteiger partial charge >= 0.3 is 0 Å². The second-order valence-corrected chi connectivity index (χ2v) is 3.59. The molecule has 0 saturated heterocycles. The number of carbonyl (C=O) groups is 1. The molecule has 1 aliphatic rings. The smallest absolute Gasteiger partial charge is 0.123 e. The van der Waals surface area contributed by atoms with Gasteiger partial charge < -0.3 is 9.53 Å². The van der Waals surface area contributed by atoms with Crippen molar-refractivity contribution in [1.29, 1.82) is 0 Å². The lowest BCUT2D eigenvalue weighted by molar-refractivity contribution is -0.108. The molecule has 0 atom stereocenters. The Balaban J connectivity index is 2.01. The van der Waals surface area contributed by atoms with E-state index in [0.717, 1.165) is 12.0 Å². The predicted molar refractivity (Wildman–Crippen MR) is 54.6 cm³/mol. The van der Waals surface area contributed by atoms with Crippen LogP contribution < -0.4 is 4.74 Å². The molecule has 2 nitrogen and oxygen atoms in total. The number of ether oxygens (including phenoxy) is 1. The fraction of sp³-hybridized carbons (Fsp3) is 0.417. The third-order valence-electron chi connectivity index (χ3n) is 2.57. The first-order chi connectivity index (χ1) is 6.90. The van der Waals surface area contributed by atoms with Crippen LogP contribution in [-0.4, -0.2) is 12.9 Å². The van der Waals surface area contributed by atoms with Gasteiger partial charge in [-0.3, -0.25) is 0 Å². The molecule has 0 fully saturated rings. The number of carbonyl (C=O) groups excluding carboxylic acids is 1. The minimum atomic E-state index is 0.469. The molecule has 0 spiro atoms. The van der Waals surface area contributed by atoms with Crippen LogP contribution >= 0.6 is 0 Å². The molecule has 14 heavy (non-hydrogen) atoms. The summed E-state index contributed by atoms with van der Waals surface area (Å²) < 4.78 is 5.44. The monoisotopic (exact) mass is 190 g/mol. The normalized spacial score (nSPS) is 13.7. The molecule has 1 aromatic carbocycles. The number of hydrogen-bond donors (Lipinski definition) is 0. The van der Waals surface area contributed by atoms with Crippen molar-refractivity contribution in [1.82, 2.24) is 0 Å². The Morgan fingerprint density at radius 2 is 2.14 bits per heavy atom. The van der Waals surface area contributed by atoms with Gasteiger partial charge in [0, 0.05) is 6.42 Å². The van der Waals surface area contributed by atoms with E-state index in [2.05, 4.69) is 12.1 Å². The van der Waals surface area contributed by atoms with Gasteiger partial charge in [0.05, 0.1) is 6.61 Å². The molecule has 0 aromatic heterocycles. The maximum atomic E-state index is 10.1. The number of fused-ring (bicyclic) bond motifs is 1. The molecule has 0 aliphatic heterocycles. The van der Waals surface area contributed by atoms with Crippen LogP contribution in [-0.2, 0) is 17.6 Å². The van der Waals surface area contributed by atoms with Gasteiger partial charge in [0.1, 0.15) is 12.0 Å². The molecule has 2 rings (SSSR count). The summed E-state index contributed by atoms with van der Waals surface area (Å²) in [6.45, 7) is 0.488. The van der Waals surface area contributed by atoms with Crippen LogP contribution in [0, 0.1) is 0 Å². The maximum Gasteiger partial charge on any atom is 0.123 e. The zero-order valence-corrected chi connectivity index (χ0v) is 8.16. The quantitative estimate of drug-likeness (QED) is 0.537. The van der Waals surface area contributed by atoms with Crippen LogP contribution in [0.5, 0.6) is 5.75 Å². The molecule has 2 heteroatoms. The van der Waals surface area contributed by atoms with Crippen molar-refractivity contribution in [3.63, 3.8) is 0 Å². The molecule has 0 bridgehead atoms. The van der Waals surface area contributed by atoms with Crippen molar-refractivity contribution in [3.8, 4) is 5.75 Å². The Kier molecular flexibility index (Phi) is 2.82. The highest BCUT2D eigenvalue weighted by Crippen LogP contribution is 2.25. The van der Waals surface area contributed by atoms with Crippen LogP contribution in [0.4, 0.5) is 0 Å². The van der Waals surface area contributed by atoms with Crippen LogP contribution in [0.2, 0.25) is 0 Å². The van der Waals surface area contributed by atoms with E-state index < -0.39 is 0 Å². The highest BCUT2D eigenvalue weighted by Gasteiger charge is 2.10. The summed E-state index contributed by atoms with van der Waals surface area (Å²) in [5.41, 5.74) is 2.86. The molecular formula is C12H14O2. The van der Waals surface area contributed by atoms with Gasteiger partial charge in [-0.15, -0.1) is 0 Å². The van der Waals surface area contributed by atoms with Gasteiger partial charge in [-0.1, -0.05) is 6.07 Å². The van der Waals surface area contributed by atoms with Gasteiger partial charge in [0.2, 0.25) is 0 Å². The van der Waals surface area contributed by atoms with Crippen molar-refractivity contribution < 1.29 is 9.53 Å². The summed E-state index contributed by atoms with van der Waals surface area (Å²) in [6, 6.07) is 6.24. The van der Waals surface area contributed by atoms with E-state index in [-0.39, 0.29) is 0 Å². The molecule has 0 heterocycles. The lowest BCUT2D eigenvalue weighted by atomic mass is 10.1. The molecule has 0 radical (unpaired) electrons. The highest BCUT2D eigenvalue weighted by molar-refractivity contribution is 5.49. The zero-order valence-electron chi connectivity index (χ0n) is 8.16. The van der Waals surface area contributed by atoms with Gasteiger partial charge in [-0.2, -0.15) is 0 Å². The average molecular weight is 190 g/mol. The summed E-state index contributed by atoms with van der Waals surface area (Å²) in [5.74, 6) is 0.896. The summed E-state index contributed by atoms with van der Waals surface area (Å²) in [4.78, 5) is 10.1. The fourth-order valence-electron chi connectivity index (χ4n) is 1.86. The second-order valence-electron chi connectivity index (χ2n) is 3.59. The topological polar surface area (TPSA) is 26.3 Å². The Labute approximate surface area is 83.9 Å². The molecule has 74 valence electrons. The highest BCUT2D eigenvalue weighted by atomic mass is 16.5. The van der Waals surface area contributed by atoms with E-state index >= 15 is 0 Å². The summed E-state index contributed by atoms with van der Waals surface area (Å²) in [6.07, 6.45) is 4.97. The lowest BCUT2D eigenvalue weighted by Gasteiger charge is -2.06. The van der Waals surface area contributed by atoms with Gasteiger partial charge in [0.15, 0.2) is 0 Å². The summed E-state index contributed by atoms with van der Waals surface area (Å²) >= 11 is 0. The van der Waals surface area contributed by atoms with Crippen molar-refractivity contribution in [2.75, 3.05) is 6.61 Å². The number of hydrogen-bond acceptors (Lipinski definition) is 2. The van der Waals surface area contributed by atoms with Gasteiger partial charge in [0.25, 0.3) is 0 Å². The fourth-order valence-corrected chi connectivity index (χ4v) is 1.86. The number of rotatable bonds is 4. The first kappa shape index (κ1) is 9.25. The lowest BCUT2D eigenvalue weighted by Crippen LogP contribution is -1.98. The molecule has 0 amide bonds. The molecule has 0 unspecified atom stereocenters. The predicted octanol–water partition coefficient (Wildman–Crippen LogP) is 2.14. The van der Waals surface area contributed by atoms with Gasteiger partial charge in [-0.25, -0.2) is 0 Å². The first-order valence-corrected chi connectivity index (χ1v) is 5.08. The summed E-state index contributed by atoms with van der Waals surface area (Å²) in [5, 5.41) is 0. The van der Waals surface area contributed by atoms with Crippen molar-refractivity contribution >= 4 is 6.29 Å². The standard InChI is InChI=1S/C12H14O2/c13-7-2-8-14-12-6-5-10-3-1-4-11(10)9-12/h5-7,9H,1-4,8H2. The van der Waals surface area contributed by atoms with Crippen LogP contribution in [0.15, 0.2) is 18.2 Å². The molecular weight excluding hydrogens is 176 g/mol. The van der Waals surface area contributed by atoms with E-state index in [1.165, 1.54) is 30.4 Å². The minimum absolute atomic E-state index is 0.469. The van der Waals surface area contributed by atoms with Crippen LogP contribution in [0.3, 0.4) is 0 Å². The maximum absolute atomic E-state index is 10.1. The van der Waals surface area contributed by atoms with E-state index in [1.54, 1.807) is 0 Å². The Morgan fingerprint density at radius 3 is 3.00 bits per heavy atom. The minimum Gasteiger partial charge on any atom is -0.493 e. The molecule has 0 saturated carbocycles. The Hall–Kier alpha value is -1.31. The largest absolute Gasteiger partial charge is 0.493 e.